The molecule has 10 heteroatoms. The second kappa shape index (κ2) is 10.4. The first-order chi connectivity index (χ1) is 16.0. The zero-order valence-electron chi connectivity index (χ0n) is 17.9. The fraction of sp³-hybridized carbons (Fsp3) is 0.304. The van der Waals surface area contributed by atoms with Crippen molar-refractivity contribution in [1.29, 1.82) is 5.26 Å². The first kappa shape index (κ1) is 23.4. The van der Waals surface area contributed by atoms with Gasteiger partial charge in [-0.25, -0.2) is 4.98 Å². The lowest BCUT2D eigenvalue weighted by Gasteiger charge is -2.38. The topological polar surface area (TPSA) is 107 Å². The van der Waals surface area contributed by atoms with Crippen LogP contribution in [0.2, 0.25) is 5.02 Å². The van der Waals surface area contributed by atoms with Gasteiger partial charge < -0.3 is 20.1 Å². The molecule has 0 bridgehead atoms. The summed E-state index contributed by atoms with van der Waals surface area (Å²) < 4.78 is 6.60. The minimum Gasteiger partial charge on any atom is -0.436 e. The van der Waals surface area contributed by atoms with Crippen LogP contribution in [0.15, 0.2) is 47.3 Å². The number of rotatable bonds is 6. The van der Waals surface area contributed by atoms with E-state index in [4.69, 9.17) is 21.6 Å². The number of aromatic nitrogens is 3. The molecule has 1 aromatic carbocycles. The monoisotopic (exact) mass is 528 g/mol. The Kier molecular flexibility index (Phi) is 7.40. The van der Waals surface area contributed by atoms with Crippen molar-refractivity contribution in [1.82, 2.24) is 20.3 Å². The number of hydrogen-bond acceptors (Lipinski definition) is 8. The molecule has 0 aliphatic carbocycles. The number of aryl methyl sites for hydroxylation is 1. The van der Waals surface area contributed by atoms with Gasteiger partial charge >= 0.3 is 0 Å². The third kappa shape index (κ3) is 5.25. The fourth-order valence-electron chi connectivity index (χ4n) is 3.81. The Bertz CT molecular complexity index is 1140. The van der Waals surface area contributed by atoms with Gasteiger partial charge in [0.1, 0.15) is 0 Å². The zero-order chi connectivity index (χ0) is 23.4. The van der Waals surface area contributed by atoms with Gasteiger partial charge in [0.2, 0.25) is 11.8 Å². The normalized spacial score (nSPS) is 15.0. The molecule has 0 radical (unpaired) electrons. The third-order valence-electron chi connectivity index (χ3n) is 5.46. The largest absolute Gasteiger partial charge is 0.436 e. The van der Waals surface area contributed by atoms with Crippen LogP contribution in [0.4, 0.5) is 5.95 Å². The first-order valence-electron chi connectivity index (χ1n) is 10.5. The molecule has 1 atom stereocenters. The summed E-state index contributed by atoms with van der Waals surface area (Å²) in [6.07, 6.45) is 5.59. The highest BCUT2D eigenvalue weighted by Gasteiger charge is 2.30. The number of anilines is 1. The van der Waals surface area contributed by atoms with Gasteiger partial charge in [0, 0.05) is 24.0 Å². The average molecular weight is 530 g/mol. The van der Waals surface area contributed by atoms with E-state index in [2.05, 4.69) is 42.3 Å². The number of ether oxygens (including phenoxy) is 1. The summed E-state index contributed by atoms with van der Waals surface area (Å²) in [5.41, 5.74) is 1.85. The van der Waals surface area contributed by atoms with Crippen LogP contribution in [0.1, 0.15) is 35.8 Å². The predicted molar refractivity (Wildman–Crippen MR) is 128 cm³/mol. The summed E-state index contributed by atoms with van der Waals surface area (Å²) in [6, 6.07) is 8.91. The van der Waals surface area contributed by atoms with E-state index < -0.39 is 6.23 Å². The highest BCUT2D eigenvalue weighted by Crippen LogP contribution is 2.37. The zero-order valence-corrected chi connectivity index (χ0v) is 20.2. The molecule has 1 aliphatic heterocycles. The Morgan fingerprint density at radius 2 is 2.03 bits per heavy atom. The van der Waals surface area contributed by atoms with E-state index in [1.807, 2.05) is 11.8 Å². The maximum atomic E-state index is 11.3. The van der Waals surface area contributed by atoms with Crippen LogP contribution in [0.25, 0.3) is 0 Å². The van der Waals surface area contributed by atoms with Crippen LogP contribution in [0.5, 0.6) is 11.6 Å². The van der Waals surface area contributed by atoms with Crippen LogP contribution < -0.4 is 15.0 Å². The molecule has 0 saturated carbocycles. The molecule has 0 spiro atoms. The van der Waals surface area contributed by atoms with Gasteiger partial charge in [-0.2, -0.15) is 10.2 Å². The van der Waals surface area contributed by atoms with Gasteiger partial charge in [0.25, 0.3) is 0 Å². The highest BCUT2D eigenvalue weighted by molar-refractivity contribution is 9.10. The second-order valence-electron chi connectivity index (χ2n) is 7.68. The standard InChI is InChI=1S/C23H22BrClN6O2/c1-14-10-15(12-26)11-19(25)20(14)33-21-18(24)13-29-23(30-21)31(17-4-8-28-9-5-17)22(32)16-2-6-27-7-3-16/h2-3,6-7,10-11,13,17,22,28,32H,4-5,8-9H2,1H3. The van der Waals surface area contributed by atoms with Crippen molar-refractivity contribution >= 4 is 33.5 Å². The molecule has 1 fully saturated rings. The van der Waals surface area contributed by atoms with Crippen molar-refractivity contribution in [2.45, 2.75) is 32.0 Å². The van der Waals surface area contributed by atoms with Crippen LogP contribution in [0, 0.1) is 18.3 Å². The molecule has 33 heavy (non-hydrogen) atoms. The quantitative estimate of drug-likeness (QED) is 0.449. The summed E-state index contributed by atoms with van der Waals surface area (Å²) in [5, 5.41) is 24.1. The number of nitriles is 1. The molecule has 8 nitrogen and oxygen atoms in total. The Balaban J connectivity index is 1.72. The maximum absolute atomic E-state index is 11.3. The number of aliphatic hydroxyl groups is 1. The van der Waals surface area contributed by atoms with E-state index in [9.17, 15) is 5.11 Å². The molecule has 3 heterocycles. The van der Waals surface area contributed by atoms with E-state index in [1.165, 1.54) is 0 Å². The number of nitrogens with one attached hydrogen (secondary N) is 1. The molecule has 2 N–H and O–H groups in total. The van der Waals surface area contributed by atoms with Crippen molar-refractivity contribution in [2.75, 3.05) is 18.0 Å². The molecule has 1 unspecified atom stereocenters. The van der Waals surface area contributed by atoms with Gasteiger partial charge in [-0.3, -0.25) is 4.98 Å². The number of aliphatic hydroxyl groups excluding tert-OH is 1. The molecule has 4 rings (SSSR count). The van der Waals surface area contributed by atoms with E-state index in [0.29, 0.717) is 37.9 Å². The predicted octanol–water partition coefficient (Wildman–Crippen LogP) is 4.51. The molecule has 170 valence electrons. The van der Waals surface area contributed by atoms with E-state index in [-0.39, 0.29) is 11.9 Å². The lowest BCUT2D eigenvalue weighted by molar-refractivity contribution is 0.150. The Labute approximate surface area is 205 Å². The third-order valence-corrected chi connectivity index (χ3v) is 6.28. The number of pyridine rings is 1. The van der Waals surface area contributed by atoms with Crippen molar-refractivity contribution in [3.63, 3.8) is 0 Å². The number of halogens is 2. The number of hydrogen-bond donors (Lipinski definition) is 2. The Hall–Kier alpha value is -2.77. The van der Waals surface area contributed by atoms with Crippen LogP contribution in [0.3, 0.4) is 0 Å². The summed E-state index contributed by atoms with van der Waals surface area (Å²) in [7, 11) is 0. The van der Waals surface area contributed by atoms with Crippen LogP contribution >= 0.6 is 27.5 Å². The minimum absolute atomic E-state index is 0.0312. The van der Waals surface area contributed by atoms with E-state index >= 15 is 0 Å². The molecular formula is C23H22BrClN6O2. The maximum Gasteiger partial charge on any atom is 0.238 e. The SMILES string of the molecule is Cc1cc(C#N)cc(Cl)c1Oc1nc(N(C2CCNCC2)C(O)c2ccncc2)ncc1Br. The number of piperidine rings is 1. The number of nitrogens with zero attached hydrogens (tertiary/aromatic N) is 5. The van der Waals surface area contributed by atoms with Crippen LogP contribution in [-0.2, 0) is 0 Å². The molecule has 0 amide bonds. The fourth-order valence-corrected chi connectivity index (χ4v) is 4.39. The lowest BCUT2D eigenvalue weighted by Crippen LogP contribution is -2.46. The van der Waals surface area contributed by atoms with Gasteiger partial charge in [-0.15, -0.1) is 0 Å². The van der Waals surface area contributed by atoms with Crippen LogP contribution in [-0.4, -0.2) is 39.2 Å². The summed E-state index contributed by atoms with van der Waals surface area (Å²) >= 11 is 9.82. The molecule has 1 aliphatic rings. The molecule has 1 saturated heterocycles. The number of benzene rings is 1. The van der Waals surface area contributed by atoms with Gasteiger partial charge in [0.15, 0.2) is 12.0 Å². The first-order valence-corrected chi connectivity index (χ1v) is 11.6. The Morgan fingerprint density at radius 3 is 2.70 bits per heavy atom. The van der Waals surface area contributed by atoms with Gasteiger partial charge in [0.05, 0.1) is 27.3 Å². The average Bonchev–Trinajstić information content (AvgIpc) is 2.84. The second-order valence-corrected chi connectivity index (χ2v) is 8.95. The van der Waals surface area contributed by atoms with E-state index in [0.717, 1.165) is 25.9 Å². The summed E-state index contributed by atoms with van der Waals surface area (Å²) in [5.74, 6) is 1.01. The van der Waals surface area contributed by atoms with Crippen molar-refractivity contribution < 1.29 is 9.84 Å². The van der Waals surface area contributed by atoms with Crippen molar-refractivity contribution in [3.8, 4) is 17.7 Å². The van der Waals surface area contributed by atoms with Gasteiger partial charge in [-0.05, 0) is 78.6 Å². The highest BCUT2D eigenvalue weighted by atomic mass is 79.9. The lowest BCUT2D eigenvalue weighted by atomic mass is 10.0. The molecule has 3 aromatic rings. The van der Waals surface area contributed by atoms with Crippen molar-refractivity contribution in [2.24, 2.45) is 0 Å². The smallest absolute Gasteiger partial charge is 0.238 e. The van der Waals surface area contributed by atoms with Crippen molar-refractivity contribution in [3.05, 3.63) is 69.0 Å². The minimum atomic E-state index is -0.953. The van der Waals surface area contributed by atoms with E-state index in [1.54, 1.807) is 42.9 Å². The van der Waals surface area contributed by atoms with Gasteiger partial charge in [-0.1, -0.05) is 11.6 Å². The Morgan fingerprint density at radius 1 is 1.30 bits per heavy atom. The molecule has 2 aromatic heterocycles. The summed E-state index contributed by atoms with van der Waals surface area (Å²) in [6.45, 7) is 3.49. The summed E-state index contributed by atoms with van der Waals surface area (Å²) in [4.78, 5) is 15.0. The molecular weight excluding hydrogens is 508 g/mol.